The lowest BCUT2D eigenvalue weighted by Crippen LogP contribution is -2.54. The molecule has 0 bridgehead atoms. The summed E-state index contributed by atoms with van der Waals surface area (Å²) < 4.78 is 0. The van der Waals surface area contributed by atoms with Crippen LogP contribution in [0.15, 0.2) is 0 Å². The van der Waals surface area contributed by atoms with Crippen molar-refractivity contribution < 1.29 is 39.0 Å². The van der Waals surface area contributed by atoms with Crippen LogP contribution in [0.25, 0.3) is 0 Å². The number of hydrogen-bond donors (Lipinski definition) is 8. The Morgan fingerprint density at radius 2 is 0.579 bits per heavy atom. The van der Waals surface area contributed by atoms with Crippen LogP contribution < -0.4 is 32.7 Å². The van der Waals surface area contributed by atoms with E-state index >= 15 is 0 Å². The molecule has 0 radical (unpaired) electrons. The van der Waals surface area contributed by atoms with E-state index in [9.17, 15) is 39.0 Å². The number of unbranched alkanes of at least 4 members (excludes halogenated alkanes) is 12. The third-order valence-corrected chi connectivity index (χ3v) is 9.79. The van der Waals surface area contributed by atoms with Gasteiger partial charge in [-0.2, -0.15) is 0 Å². The topological polar surface area (TPSA) is 243 Å². The number of carboxylic acid groups (broad SMARTS) is 2. The van der Waals surface area contributed by atoms with Gasteiger partial charge in [-0.05, 0) is 38.5 Å². The predicted molar refractivity (Wildman–Crippen MR) is 231 cm³/mol. The monoisotopic (exact) mass is 815 g/mol. The van der Waals surface area contributed by atoms with E-state index < -0.39 is 60.0 Å². The second kappa shape index (κ2) is 38.3. The van der Waals surface area contributed by atoms with Crippen LogP contribution in [0.4, 0.5) is 0 Å². The number of nitrogens with two attached hydrogens (primary N) is 2. The third kappa shape index (κ3) is 30.5. The summed E-state index contributed by atoms with van der Waals surface area (Å²) in [6.45, 7) is 12.4. The van der Waals surface area contributed by atoms with Gasteiger partial charge >= 0.3 is 11.9 Å². The average Bonchev–Trinajstić information content (AvgIpc) is 3.16. The molecule has 336 valence electrons. The van der Waals surface area contributed by atoms with Gasteiger partial charge in [0, 0.05) is 0 Å². The van der Waals surface area contributed by atoms with Crippen LogP contribution in [-0.4, -0.2) is 82.0 Å². The highest BCUT2D eigenvalue weighted by Crippen LogP contribution is 2.11. The number of hydrogen-bond acceptors (Lipinski definition) is 8. The molecule has 0 rings (SSSR count). The molecule has 57 heavy (non-hydrogen) atoms. The first kappa shape index (κ1) is 58.1. The molecule has 4 amide bonds. The van der Waals surface area contributed by atoms with E-state index in [0.29, 0.717) is 38.5 Å². The number of carbonyl (C=O) groups excluding carboxylic acids is 4. The van der Waals surface area contributed by atoms with Gasteiger partial charge < -0.3 is 42.9 Å². The summed E-state index contributed by atoms with van der Waals surface area (Å²) in [6, 6.07) is -4.64. The van der Waals surface area contributed by atoms with Crippen molar-refractivity contribution in [2.45, 2.75) is 239 Å². The molecule has 0 aliphatic heterocycles. The minimum Gasteiger partial charge on any atom is -0.480 e. The fourth-order valence-corrected chi connectivity index (χ4v) is 6.04. The lowest BCUT2D eigenvalue weighted by atomic mass is 10.0. The van der Waals surface area contributed by atoms with Crippen molar-refractivity contribution in [3.05, 3.63) is 0 Å². The molecule has 0 saturated carbocycles. The van der Waals surface area contributed by atoms with E-state index in [-0.39, 0.29) is 19.2 Å². The number of amides is 4. The third-order valence-electron chi connectivity index (χ3n) is 9.79. The van der Waals surface area contributed by atoms with Gasteiger partial charge in [-0.15, -0.1) is 0 Å². The van der Waals surface area contributed by atoms with E-state index in [0.717, 1.165) is 116 Å². The summed E-state index contributed by atoms with van der Waals surface area (Å²) in [5.41, 5.74) is 11.9. The normalized spacial score (nSPS) is 13.9. The molecule has 0 fully saturated rings. The highest BCUT2D eigenvalue weighted by atomic mass is 16.4. The molecule has 14 heteroatoms. The zero-order valence-corrected chi connectivity index (χ0v) is 35.9. The predicted octanol–water partition coefficient (Wildman–Crippen LogP) is 6.85. The highest BCUT2D eigenvalue weighted by Gasteiger charge is 2.29. The van der Waals surface area contributed by atoms with Crippen LogP contribution in [0.3, 0.4) is 0 Å². The van der Waals surface area contributed by atoms with Crippen LogP contribution in [0, 0.1) is 0 Å². The molecule has 14 nitrogen and oxygen atoms in total. The summed E-state index contributed by atoms with van der Waals surface area (Å²) in [5, 5.41) is 29.5. The van der Waals surface area contributed by atoms with Crippen molar-refractivity contribution in [3.63, 3.8) is 0 Å². The molecule has 0 aliphatic rings. The van der Waals surface area contributed by atoms with Gasteiger partial charge in [-0.25, -0.2) is 9.59 Å². The number of rotatable bonds is 34. The smallest absolute Gasteiger partial charge is 0.326 e. The molecule has 0 heterocycles. The zero-order chi connectivity index (χ0) is 42.7. The van der Waals surface area contributed by atoms with Crippen molar-refractivity contribution in [2.75, 3.05) is 0 Å². The van der Waals surface area contributed by atoms with Crippen molar-refractivity contribution in [1.29, 1.82) is 0 Å². The number of aliphatic carboxylic acids is 2. The fourth-order valence-electron chi connectivity index (χ4n) is 6.04. The van der Waals surface area contributed by atoms with Crippen LogP contribution in [-0.2, 0) is 28.8 Å². The number of carbonyl (C=O) groups is 6. The Kier molecular flexibility index (Phi) is 39.0. The van der Waals surface area contributed by atoms with Gasteiger partial charge in [0.25, 0.3) is 0 Å². The molecule has 6 unspecified atom stereocenters. The quantitative estimate of drug-likeness (QED) is 0.0314. The van der Waals surface area contributed by atoms with E-state index in [1.54, 1.807) is 0 Å². The first-order valence-corrected chi connectivity index (χ1v) is 21.9. The minimum absolute atomic E-state index is 0. The van der Waals surface area contributed by atoms with Crippen LogP contribution >= 0.6 is 0 Å². The molecule has 0 aromatic carbocycles. The Morgan fingerprint density at radius 3 is 0.807 bits per heavy atom. The van der Waals surface area contributed by atoms with E-state index in [2.05, 4.69) is 49.0 Å². The van der Waals surface area contributed by atoms with Gasteiger partial charge in [0.05, 0.1) is 12.1 Å². The summed E-state index contributed by atoms with van der Waals surface area (Å²) in [5.74, 6) is -3.64. The molecule has 0 spiro atoms. The largest absolute Gasteiger partial charge is 0.480 e. The van der Waals surface area contributed by atoms with Crippen molar-refractivity contribution >= 4 is 35.6 Å². The zero-order valence-electron chi connectivity index (χ0n) is 35.9. The van der Waals surface area contributed by atoms with Crippen molar-refractivity contribution in [1.82, 2.24) is 21.3 Å². The number of nitrogens with one attached hydrogen (secondary N) is 4. The second-order valence-corrected chi connectivity index (χ2v) is 15.1. The van der Waals surface area contributed by atoms with E-state index in [4.69, 9.17) is 11.5 Å². The van der Waals surface area contributed by atoms with E-state index in [1.165, 1.54) is 0 Å². The fraction of sp³-hybridized carbons (Fsp3) is 0.860. The van der Waals surface area contributed by atoms with E-state index in [1.807, 2.05) is 13.8 Å². The molecular weight excluding hydrogens is 729 g/mol. The van der Waals surface area contributed by atoms with Gasteiger partial charge in [-0.1, -0.05) is 165 Å². The SMILES string of the molecule is C.CCCCCC(N)C(=O)NC(CCCCC)C(=O)NC(CCCCC)C(=O)O.CCCCCC(N)C(=O)NC(CCCCC)C(=O)NC(CCCCC)C(=O)O. The van der Waals surface area contributed by atoms with Crippen LogP contribution in [0.5, 0.6) is 0 Å². The molecular formula is C43H86N6O8. The molecule has 10 N–H and O–H groups in total. The maximum atomic E-state index is 12.7. The maximum Gasteiger partial charge on any atom is 0.326 e. The maximum absolute atomic E-state index is 12.7. The van der Waals surface area contributed by atoms with Gasteiger partial charge in [0.1, 0.15) is 24.2 Å². The highest BCUT2D eigenvalue weighted by molar-refractivity contribution is 5.92. The van der Waals surface area contributed by atoms with Crippen LogP contribution in [0.2, 0.25) is 0 Å². The Bertz CT molecular complexity index is 996. The van der Waals surface area contributed by atoms with Gasteiger partial charge in [-0.3, -0.25) is 19.2 Å². The second-order valence-electron chi connectivity index (χ2n) is 15.1. The average molecular weight is 815 g/mol. The Balaban J connectivity index is -0.00000101. The summed E-state index contributed by atoms with van der Waals surface area (Å²) in [7, 11) is 0. The Hall–Kier alpha value is -3.26. The van der Waals surface area contributed by atoms with Gasteiger partial charge in [0.2, 0.25) is 23.6 Å². The summed E-state index contributed by atoms with van der Waals surface area (Å²) >= 11 is 0. The summed E-state index contributed by atoms with van der Waals surface area (Å²) in [4.78, 5) is 73.0. The van der Waals surface area contributed by atoms with Gasteiger partial charge in [0.15, 0.2) is 0 Å². The molecule has 0 saturated heterocycles. The first-order valence-electron chi connectivity index (χ1n) is 21.9. The summed E-state index contributed by atoms with van der Waals surface area (Å²) in [6.07, 6.45) is 19.5. The van der Waals surface area contributed by atoms with Crippen molar-refractivity contribution in [3.8, 4) is 0 Å². The van der Waals surface area contributed by atoms with Crippen LogP contribution in [0.1, 0.15) is 203 Å². The lowest BCUT2D eigenvalue weighted by molar-refractivity contribution is -0.143. The molecule has 6 atom stereocenters. The minimum atomic E-state index is -1.04. The standard InChI is InChI=1S/2C21H41N3O4.CH4/c2*1-4-7-10-13-16(22)19(25)23-17(14-11-8-5-2)20(26)24-18(21(27)28)15-12-9-6-3;/h2*16-18H,4-15,22H2,1-3H3,(H,23,25)(H,24,26)(H,27,28);1H4. The molecule has 0 aliphatic carbocycles. The lowest BCUT2D eigenvalue weighted by Gasteiger charge is -2.23. The Morgan fingerprint density at radius 1 is 0.368 bits per heavy atom. The molecule has 0 aromatic rings. The van der Waals surface area contributed by atoms with Crippen molar-refractivity contribution in [2.24, 2.45) is 11.5 Å². The first-order chi connectivity index (χ1) is 26.7. The number of carboxylic acids is 2. The molecule has 0 aromatic heterocycles. The Labute approximate surface area is 346 Å².